The second kappa shape index (κ2) is 40.5. The van der Waals surface area contributed by atoms with E-state index in [1.54, 1.807) is 107 Å². The van der Waals surface area contributed by atoms with E-state index < -0.39 is 104 Å². The van der Waals surface area contributed by atoms with E-state index in [9.17, 15) is 56.7 Å². The van der Waals surface area contributed by atoms with Crippen LogP contribution >= 0.6 is 0 Å². The fourth-order valence-corrected chi connectivity index (χ4v) is 11.5. The number of epoxide rings is 1. The number of methoxy groups -OCH3 is 1. The van der Waals surface area contributed by atoms with Crippen LogP contribution in [0.15, 0.2) is 60.8 Å². The zero-order valence-corrected chi connectivity index (χ0v) is 69.0. The second-order valence-corrected chi connectivity index (χ2v) is 35.2. The van der Waals surface area contributed by atoms with Crippen molar-refractivity contribution >= 4 is 64.7 Å². The van der Waals surface area contributed by atoms with E-state index in [2.05, 4.69) is 22.2 Å². The van der Waals surface area contributed by atoms with Crippen LogP contribution in [0.2, 0.25) is 0 Å². The SMILES string of the molecule is CC(C)(C)OC(=O)N1CC=C[C@H]1C(=O)O.CC(C)(C)OC(=O)N1CC=C[C@H]1CC#N.CC(C)(C)OC(=O)N1CC=C[C@H]1CO.CC(C)(C)OC(=O)N1CC=C[C@H]1COS(C)(=O)=O.CC(C)(C)OC(=O)N1C[C@@H]2OC2[C@H]1CC#N.CC(C)(C)OC(=O)N1C[C@H](O)[C@H]2NCCC21.COC(=O)[C@@H]1C=CCN1C(=O)OC(C)(C)C. The minimum Gasteiger partial charge on any atom is -0.479 e. The molecule has 4 saturated heterocycles. The normalized spacial score (nSPS) is 24.0. The number of carboxylic acid groups (broad SMARTS) is 1. The molecule has 2 unspecified atom stereocenters. The summed E-state index contributed by atoms with van der Waals surface area (Å²) in [5.41, 5.74) is -3.71. The number of likely N-dealkylation sites (tertiary alicyclic amines) is 2. The first-order valence-corrected chi connectivity index (χ1v) is 38.1. The van der Waals surface area contributed by atoms with Gasteiger partial charge in [0, 0.05) is 32.7 Å². The van der Waals surface area contributed by atoms with E-state index in [0.717, 1.165) is 19.2 Å². The van der Waals surface area contributed by atoms with Gasteiger partial charge in [0.15, 0.2) is 12.1 Å². The third-order valence-electron chi connectivity index (χ3n) is 15.6. The summed E-state index contributed by atoms with van der Waals surface area (Å²) < 4.78 is 73.0. The number of carbonyl (C=O) groups excluding carboxylic acids is 8. The number of nitrogens with zero attached hydrogens (tertiary/aromatic N) is 9. The molecule has 0 aliphatic carbocycles. The number of aliphatic hydroxyl groups excluding tert-OH is 2. The predicted molar refractivity (Wildman–Crippen MR) is 402 cm³/mol. The molecule has 0 saturated carbocycles. The number of amides is 7. The van der Waals surface area contributed by atoms with Crippen molar-refractivity contribution < 1.29 is 114 Å². The fourth-order valence-electron chi connectivity index (χ4n) is 11.1. The van der Waals surface area contributed by atoms with Gasteiger partial charge in [0.2, 0.25) is 0 Å². The summed E-state index contributed by atoms with van der Waals surface area (Å²) in [6.45, 7) is 41.6. The van der Waals surface area contributed by atoms with Crippen molar-refractivity contribution in [1.29, 1.82) is 10.5 Å². The van der Waals surface area contributed by atoms with E-state index in [-0.39, 0.29) is 86.5 Å². The topological polar surface area (TPSA) is 426 Å². The number of nitriles is 2. The number of morpholine rings is 1. The Hall–Kier alpha value is -8.74. The van der Waals surface area contributed by atoms with Gasteiger partial charge < -0.3 is 68.2 Å². The highest BCUT2D eigenvalue weighted by atomic mass is 32.2. The number of ether oxygens (including phenoxy) is 9. The number of aliphatic carboxylic acids is 1. The Morgan fingerprint density at radius 2 is 0.836 bits per heavy atom. The monoisotopic (exact) mass is 1580 g/mol. The predicted octanol–water partition coefficient (Wildman–Crippen LogP) is 8.56. The fraction of sp³-hybridized carbons (Fsp3) is 0.720. The lowest BCUT2D eigenvalue weighted by atomic mass is 10.1. The molecule has 11 atom stereocenters. The van der Waals surface area contributed by atoms with Crippen molar-refractivity contribution in [2.45, 2.75) is 271 Å². The number of rotatable bonds is 8. The van der Waals surface area contributed by atoms with Crippen molar-refractivity contribution in [2.24, 2.45) is 0 Å². The lowest BCUT2D eigenvalue weighted by Crippen LogP contribution is -2.44. The highest BCUT2D eigenvalue weighted by Crippen LogP contribution is 2.39. The lowest BCUT2D eigenvalue weighted by Gasteiger charge is -2.28. The number of carbonyl (C=O) groups is 9. The summed E-state index contributed by atoms with van der Waals surface area (Å²) in [5.74, 6) is -1.51. The number of nitrogens with one attached hydrogen (secondary N) is 1. The van der Waals surface area contributed by atoms with Crippen LogP contribution in [-0.4, -0.2) is 297 Å². The molecule has 9 aliphatic rings. The van der Waals surface area contributed by atoms with Crippen LogP contribution in [0.4, 0.5) is 33.6 Å². The largest absolute Gasteiger partial charge is 0.479 e. The Balaban J connectivity index is 0.000000333. The molecular formula is C75H120N10O24S. The molecule has 9 heterocycles. The minimum absolute atomic E-state index is 0.0209. The molecule has 4 N–H and O–H groups in total. The van der Waals surface area contributed by atoms with Gasteiger partial charge in [0.1, 0.15) is 51.4 Å². The van der Waals surface area contributed by atoms with Gasteiger partial charge in [0.05, 0.1) is 107 Å². The maximum absolute atomic E-state index is 11.9. The molecule has 110 heavy (non-hydrogen) atoms. The van der Waals surface area contributed by atoms with Crippen LogP contribution in [0.3, 0.4) is 0 Å². The van der Waals surface area contributed by atoms with Gasteiger partial charge in [-0.2, -0.15) is 18.9 Å². The third-order valence-corrected chi connectivity index (χ3v) is 16.2. The first-order valence-electron chi connectivity index (χ1n) is 36.3. The average molecular weight is 1580 g/mol. The highest BCUT2D eigenvalue weighted by molar-refractivity contribution is 7.86. The summed E-state index contributed by atoms with van der Waals surface area (Å²) in [5, 5.41) is 48.1. The lowest BCUT2D eigenvalue weighted by molar-refractivity contribution is -0.144. The zero-order chi connectivity index (χ0) is 84.0. The Bertz CT molecular complexity index is 3500. The first-order chi connectivity index (χ1) is 50.4. The molecule has 0 radical (unpaired) electrons. The molecule has 620 valence electrons. The Morgan fingerprint density at radius 3 is 1.23 bits per heavy atom. The molecule has 0 bridgehead atoms. The maximum atomic E-state index is 11.9. The molecule has 9 aliphatic heterocycles. The summed E-state index contributed by atoms with van der Waals surface area (Å²) in [6, 6.07) is 1.77. The number of esters is 1. The molecule has 9 rings (SSSR count). The van der Waals surface area contributed by atoms with Crippen LogP contribution in [0.1, 0.15) is 165 Å². The van der Waals surface area contributed by atoms with Crippen LogP contribution in [0.5, 0.6) is 0 Å². The van der Waals surface area contributed by atoms with Crippen molar-refractivity contribution in [3.8, 4) is 12.1 Å². The number of fused-ring (bicyclic) bond motifs is 2. The van der Waals surface area contributed by atoms with Gasteiger partial charge in [-0.25, -0.2) is 43.2 Å². The molecule has 0 spiro atoms. The average Bonchev–Trinajstić information content (AvgIpc) is 1.60. The molecule has 7 amide bonds. The molecule has 0 aromatic carbocycles. The van der Waals surface area contributed by atoms with E-state index >= 15 is 0 Å². The quantitative estimate of drug-likeness (QED) is 0.0581. The maximum Gasteiger partial charge on any atom is 0.411 e. The minimum atomic E-state index is -3.51. The smallest absolute Gasteiger partial charge is 0.411 e. The van der Waals surface area contributed by atoms with Gasteiger partial charge in [-0.1, -0.05) is 60.8 Å². The first kappa shape index (κ1) is 95.5. The number of aliphatic hydroxyl groups is 2. The van der Waals surface area contributed by atoms with Crippen LogP contribution in [0, 0.1) is 22.7 Å². The molecule has 0 aromatic rings. The zero-order valence-electron chi connectivity index (χ0n) is 68.2. The van der Waals surface area contributed by atoms with E-state index in [1.165, 1.54) is 32.8 Å². The van der Waals surface area contributed by atoms with Crippen molar-refractivity contribution in [2.75, 3.05) is 78.9 Å². The number of β-amino-alcohol motifs (C(OH)–C–C–N with tert-alkyl or cyclic N) is 1. The second-order valence-electron chi connectivity index (χ2n) is 33.5. The summed E-state index contributed by atoms with van der Waals surface area (Å²) >= 11 is 0. The van der Waals surface area contributed by atoms with Crippen molar-refractivity contribution in [3.05, 3.63) is 60.8 Å². The summed E-state index contributed by atoms with van der Waals surface area (Å²) in [6.07, 6.45) is 16.6. The van der Waals surface area contributed by atoms with E-state index in [0.29, 0.717) is 52.1 Å². The Labute approximate surface area is 648 Å². The van der Waals surface area contributed by atoms with E-state index in [1.807, 2.05) is 107 Å². The number of carboxylic acids is 1. The van der Waals surface area contributed by atoms with Crippen LogP contribution < -0.4 is 5.32 Å². The van der Waals surface area contributed by atoms with Crippen molar-refractivity contribution in [1.82, 2.24) is 39.6 Å². The van der Waals surface area contributed by atoms with Crippen LogP contribution in [-0.2, 0) is 66.5 Å². The third kappa shape index (κ3) is 33.9. The van der Waals surface area contributed by atoms with Gasteiger partial charge in [-0.05, 0) is 158 Å². The molecule has 0 aromatic heterocycles. The van der Waals surface area contributed by atoms with Gasteiger partial charge in [0.25, 0.3) is 10.1 Å². The Morgan fingerprint density at radius 1 is 0.491 bits per heavy atom. The van der Waals surface area contributed by atoms with Gasteiger partial charge in [-0.3, -0.25) is 33.6 Å². The number of hydrogen-bond donors (Lipinski definition) is 4. The van der Waals surface area contributed by atoms with Gasteiger partial charge >= 0.3 is 54.6 Å². The van der Waals surface area contributed by atoms with Crippen molar-refractivity contribution in [3.63, 3.8) is 0 Å². The molecule has 34 nitrogen and oxygen atoms in total. The standard InChI is InChI=1S/C11H16N2O3.C11H20N2O3.C11H16N2O2.C11H19NO5S.C11H17NO4.C10H15NO4.C10H17NO3/c1-11(2,3)16-10(14)13-6-8-9(15-8)7(13)4-5-12;1-11(2,3)16-10(15)13-6-8(14)9-7(13)4-5-12-9;1-11(2,3)15-10(14)13-8-4-5-9(13)6-7-12;1-11(2,3)17-10(13)12-7-5-6-9(12)8-16-18(4,14)15;1-11(2,3)16-10(14)12-7-5-6-8(12)9(13)15-4;1-10(2,3)15-9(14)11-6-4-5-7(11)8(12)13;1-10(2,3)14-9(13)11-6-4-5-8(11)7-12/h7-9H,4,6H2,1-3H3;7-9,12,14H,4-6H2,1-3H3;4-5,9H,6,8H2,1-3H3;5-6,9H,7-8H2,1-4H3;5-6,8H,7H2,1-4H3;4-5,7H,6H2,1-3H3,(H,12,13);4-5,8,12H,6-7H2,1-3H3/t7-,8+,9?;7?,8-,9-;2*9-;8-;7-;8-/m1000000/s1. The summed E-state index contributed by atoms with van der Waals surface area (Å²) in [7, 11) is -2.22. The Kier molecular flexibility index (Phi) is 35.1. The summed E-state index contributed by atoms with van der Waals surface area (Å²) in [4.78, 5) is 115. The van der Waals surface area contributed by atoms with Gasteiger partial charge in [-0.15, -0.1) is 0 Å². The van der Waals surface area contributed by atoms with Crippen LogP contribution in [0.25, 0.3) is 0 Å². The molecule has 4 fully saturated rings. The van der Waals surface area contributed by atoms with E-state index in [4.69, 9.17) is 62.8 Å². The highest BCUT2D eigenvalue weighted by Gasteiger charge is 2.57. The molecule has 35 heteroatoms. The molecular weight excluding hydrogens is 1460 g/mol. The number of hydrogen-bond acceptors (Lipinski definition) is 26.